The third-order valence-corrected chi connectivity index (χ3v) is 5.68. The van der Waals surface area contributed by atoms with Crippen LogP contribution in [0.25, 0.3) is 22.9 Å². The van der Waals surface area contributed by atoms with Crippen LogP contribution in [0, 0.1) is 0 Å². The van der Waals surface area contributed by atoms with E-state index in [-0.39, 0.29) is 5.56 Å². The first-order valence-corrected chi connectivity index (χ1v) is 10.0. The summed E-state index contributed by atoms with van der Waals surface area (Å²) < 4.78 is 6.44. The van der Waals surface area contributed by atoms with Crippen LogP contribution in [0.1, 0.15) is 21.5 Å². The monoisotopic (exact) mass is 406 g/mol. The Bertz CT molecular complexity index is 1480. The Balaban J connectivity index is 1.94. The van der Waals surface area contributed by atoms with Crippen LogP contribution in [-0.4, -0.2) is 20.1 Å². The van der Waals surface area contributed by atoms with Gasteiger partial charge in [-0.2, -0.15) is 0 Å². The summed E-state index contributed by atoms with van der Waals surface area (Å²) in [5, 5.41) is 15.7. The van der Waals surface area contributed by atoms with Crippen molar-refractivity contribution >= 4 is 34.6 Å². The molecule has 0 bridgehead atoms. The van der Waals surface area contributed by atoms with Gasteiger partial charge < -0.3 is 19.5 Å². The summed E-state index contributed by atoms with van der Waals surface area (Å²) in [5.41, 5.74) is 3.43. The number of benzene rings is 4. The summed E-state index contributed by atoms with van der Waals surface area (Å²) in [6.45, 7) is 4.02. The highest BCUT2D eigenvalue weighted by atomic mass is 16.5. The first-order chi connectivity index (χ1) is 14.9. The van der Waals surface area contributed by atoms with Crippen LogP contribution in [0.4, 0.5) is 5.69 Å². The first kappa shape index (κ1) is 18.9. The third kappa shape index (κ3) is 3.04. The highest BCUT2D eigenvalue weighted by Crippen LogP contribution is 2.41. The van der Waals surface area contributed by atoms with Crippen molar-refractivity contribution in [1.82, 2.24) is 0 Å². The van der Waals surface area contributed by atoms with Gasteiger partial charge in [-0.3, -0.25) is 0 Å². The molecular weight excluding hydrogens is 386 g/mol. The molecule has 0 spiro atoms. The molecule has 4 aromatic rings. The zero-order valence-electron chi connectivity index (χ0n) is 17.3. The molecule has 0 saturated heterocycles. The summed E-state index contributed by atoms with van der Waals surface area (Å²) in [5.74, 6) is 0.196. The first-order valence-electron chi connectivity index (χ1n) is 10.0. The summed E-state index contributed by atoms with van der Waals surface area (Å²) in [7, 11) is 3.94. The second-order valence-corrected chi connectivity index (χ2v) is 7.88. The van der Waals surface area contributed by atoms with Crippen molar-refractivity contribution in [2.75, 3.05) is 19.0 Å². The molecule has 0 radical (unpaired) electrons. The number of hydrogen-bond acceptors (Lipinski definition) is 4. The molecule has 0 fully saturated rings. The topological polar surface area (TPSA) is 52.6 Å². The molecule has 0 unspecified atom stereocenters. The van der Waals surface area contributed by atoms with E-state index in [9.17, 15) is 9.90 Å². The Morgan fingerprint density at radius 1 is 0.935 bits per heavy atom. The maximum atomic E-state index is 11.9. The van der Waals surface area contributed by atoms with Gasteiger partial charge in [0, 0.05) is 53.2 Å². The van der Waals surface area contributed by atoms with Crippen LogP contribution in [0.2, 0.25) is 0 Å². The van der Waals surface area contributed by atoms with E-state index in [0.29, 0.717) is 17.1 Å². The fourth-order valence-electron chi connectivity index (χ4n) is 4.16. The van der Waals surface area contributed by atoms with Gasteiger partial charge in [-0.15, -0.1) is 0 Å². The van der Waals surface area contributed by atoms with E-state index in [2.05, 4.69) is 6.58 Å². The Morgan fingerprint density at radius 2 is 1.74 bits per heavy atom. The molecular formula is C27H20NO3-. The maximum Gasteiger partial charge on any atom is 0.143 e. The molecule has 4 aromatic carbocycles. The SMILES string of the molecule is C=c1ccc2c3c(ccc2c1)=C(c1ccccc1C(=O)[O-])c1ccc(N(C)C)cc1O3. The normalized spacial score (nSPS) is 12.1. The number of fused-ring (bicyclic) bond motifs is 4. The smallest absolute Gasteiger partial charge is 0.143 e. The number of carbonyl (C=O) groups excluding carboxylic acids is 1. The molecule has 5 rings (SSSR count). The minimum Gasteiger partial charge on any atom is -0.545 e. The quantitative estimate of drug-likeness (QED) is 0.462. The highest BCUT2D eigenvalue weighted by Gasteiger charge is 2.24. The predicted molar refractivity (Wildman–Crippen MR) is 122 cm³/mol. The number of carboxylic acids is 1. The number of hydrogen-bond donors (Lipinski definition) is 0. The van der Waals surface area contributed by atoms with Crippen molar-refractivity contribution in [2.24, 2.45) is 0 Å². The number of rotatable bonds is 3. The molecule has 0 amide bonds. The van der Waals surface area contributed by atoms with Crippen molar-refractivity contribution in [3.05, 3.63) is 99.9 Å². The number of anilines is 1. The van der Waals surface area contributed by atoms with Gasteiger partial charge in [0.15, 0.2) is 0 Å². The molecule has 31 heavy (non-hydrogen) atoms. The molecule has 4 nitrogen and oxygen atoms in total. The molecule has 0 N–H and O–H groups in total. The van der Waals surface area contributed by atoms with Gasteiger partial charge in [0.1, 0.15) is 11.5 Å². The molecule has 0 saturated carbocycles. The molecule has 152 valence electrons. The van der Waals surface area contributed by atoms with E-state index in [1.165, 1.54) is 0 Å². The average molecular weight is 406 g/mol. The average Bonchev–Trinajstić information content (AvgIpc) is 2.76. The number of nitrogens with zero attached hydrogens (tertiary/aromatic N) is 1. The maximum absolute atomic E-state index is 11.9. The van der Waals surface area contributed by atoms with Crippen molar-refractivity contribution in [3.8, 4) is 11.5 Å². The van der Waals surface area contributed by atoms with Crippen molar-refractivity contribution < 1.29 is 14.6 Å². The molecule has 0 atom stereocenters. The van der Waals surface area contributed by atoms with Gasteiger partial charge in [0.05, 0.1) is 5.97 Å². The lowest BCUT2D eigenvalue weighted by atomic mass is 9.88. The second-order valence-electron chi connectivity index (χ2n) is 7.88. The lowest BCUT2D eigenvalue weighted by Crippen LogP contribution is -2.25. The lowest BCUT2D eigenvalue weighted by molar-refractivity contribution is -0.255. The largest absolute Gasteiger partial charge is 0.545 e. The Kier molecular flexibility index (Phi) is 4.29. The van der Waals surface area contributed by atoms with Gasteiger partial charge in [0.2, 0.25) is 0 Å². The molecule has 1 heterocycles. The fourth-order valence-corrected chi connectivity index (χ4v) is 4.16. The number of carboxylic acid groups (broad SMARTS) is 1. The van der Waals surface area contributed by atoms with E-state index < -0.39 is 5.97 Å². The van der Waals surface area contributed by atoms with E-state index in [1.54, 1.807) is 12.1 Å². The Hall–Kier alpha value is -4.05. The zero-order chi connectivity index (χ0) is 21.7. The molecule has 4 heteroatoms. The van der Waals surface area contributed by atoms with Gasteiger partial charge in [-0.05, 0) is 40.4 Å². The van der Waals surface area contributed by atoms with Crippen LogP contribution in [0.15, 0.2) is 72.8 Å². The second kappa shape index (κ2) is 7.03. The minimum atomic E-state index is -1.20. The van der Waals surface area contributed by atoms with E-state index >= 15 is 0 Å². The lowest BCUT2D eigenvalue weighted by Gasteiger charge is -2.25. The summed E-state index contributed by atoms with van der Waals surface area (Å²) in [6.07, 6.45) is 0. The summed E-state index contributed by atoms with van der Waals surface area (Å²) in [4.78, 5) is 13.9. The third-order valence-electron chi connectivity index (χ3n) is 5.68. The highest BCUT2D eigenvalue weighted by molar-refractivity contribution is 5.99. The minimum absolute atomic E-state index is 0.154. The fraction of sp³-hybridized carbons (Fsp3) is 0.0741. The van der Waals surface area contributed by atoms with Crippen LogP contribution in [-0.2, 0) is 0 Å². The zero-order valence-corrected chi connectivity index (χ0v) is 17.3. The van der Waals surface area contributed by atoms with E-state index in [1.807, 2.05) is 79.7 Å². The molecule has 1 aliphatic rings. The number of carbonyl (C=O) groups is 1. The summed E-state index contributed by atoms with van der Waals surface area (Å²) >= 11 is 0. The van der Waals surface area contributed by atoms with Crippen LogP contribution >= 0.6 is 0 Å². The molecule has 0 aliphatic carbocycles. The Morgan fingerprint density at radius 3 is 2.52 bits per heavy atom. The van der Waals surface area contributed by atoms with Crippen LogP contribution in [0.3, 0.4) is 0 Å². The van der Waals surface area contributed by atoms with E-state index in [4.69, 9.17) is 4.74 Å². The van der Waals surface area contributed by atoms with Crippen LogP contribution in [0.5, 0.6) is 11.5 Å². The summed E-state index contributed by atoms with van der Waals surface area (Å²) in [6, 6.07) is 22.9. The molecule has 0 aromatic heterocycles. The number of ether oxygens (including phenoxy) is 1. The van der Waals surface area contributed by atoms with Crippen LogP contribution < -0.4 is 25.2 Å². The van der Waals surface area contributed by atoms with Gasteiger partial charge in [-0.25, -0.2) is 0 Å². The van der Waals surface area contributed by atoms with Gasteiger partial charge in [0.25, 0.3) is 0 Å². The van der Waals surface area contributed by atoms with Gasteiger partial charge in [-0.1, -0.05) is 49.0 Å². The standard InChI is InChI=1S/C27H21NO3/c1-16-8-11-19-17(14-16)9-12-23-25(20-6-4-5-7-21(20)27(29)30)22-13-10-18(28(2)3)15-24(22)31-26(19)23/h4-15H,1H2,2-3H3,(H,29,30)/p-1. The Labute approximate surface area is 179 Å². The van der Waals surface area contributed by atoms with Gasteiger partial charge >= 0.3 is 0 Å². The van der Waals surface area contributed by atoms with Crippen molar-refractivity contribution in [3.63, 3.8) is 0 Å². The number of aromatic carboxylic acids is 1. The molecule has 1 aliphatic heterocycles. The van der Waals surface area contributed by atoms with Crippen molar-refractivity contribution in [2.45, 2.75) is 0 Å². The predicted octanol–water partition coefficient (Wildman–Crippen LogP) is 3.03. The van der Waals surface area contributed by atoms with Crippen molar-refractivity contribution in [1.29, 1.82) is 0 Å². The van der Waals surface area contributed by atoms with E-state index in [0.717, 1.165) is 38.0 Å².